The highest BCUT2D eigenvalue weighted by atomic mass is 19.1. The third-order valence-corrected chi connectivity index (χ3v) is 3.74. The number of ether oxygens (including phenoxy) is 1. The van der Waals surface area contributed by atoms with E-state index in [4.69, 9.17) is 15.7 Å². The molecule has 2 unspecified atom stereocenters. The van der Waals surface area contributed by atoms with Gasteiger partial charge in [-0.1, -0.05) is 11.6 Å². The first-order chi connectivity index (χ1) is 10.1. The van der Waals surface area contributed by atoms with E-state index in [2.05, 4.69) is 10.5 Å². The van der Waals surface area contributed by atoms with Crippen LogP contribution in [0.25, 0.3) is 0 Å². The zero-order valence-electron chi connectivity index (χ0n) is 11.7. The number of hydrogen-bond donors (Lipinski definition) is 3. The van der Waals surface area contributed by atoms with Gasteiger partial charge in [0.15, 0.2) is 11.6 Å². The lowest BCUT2D eigenvalue weighted by Gasteiger charge is -2.19. The number of methoxy groups -OCH3 is 1. The van der Waals surface area contributed by atoms with Crippen molar-refractivity contribution in [3.63, 3.8) is 0 Å². The third-order valence-electron chi connectivity index (χ3n) is 3.74. The van der Waals surface area contributed by atoms with Crippen LogP contribution >= 0.6 is 0 Å². The summed E-state index contributed by atoms with van der Waals surface area (Å²) in [6.07, 6.45) is 2.37. The van der Waals surface area contributed by atoms with Crippen LogP contribution in [0, 0.1) is 11.7 Å². The Labute approximate surface area is 121 Å². The smallest absolute Gasteiger partial charge is 0.251 e. The van der Waals surface area contributed by atoms with Crippen LogP contribution in [0.4, 0.5) is 4.39 Å². The van der Waals surface area contributed by atoms with Crippen molar-refractivity contribution >= 4 is 11.7 Å². The molecule has 2 atom stereocenters. The second-order valence-corrected chi connectivity index (χ2v) is 4.99. The van der Waals surface area contributed by atoms with E-state index in [1.165, 1.54) is 19.2 Å². The molecule has 7 heteroatoms. The molecule has 1 amide bonds. The molecular weight excluding hydrogens is 277 g/mol. The summed E-state index contributed by atoms with van der Waals surface area (Å²) in [5.74, 6) is -0.980. The van der Waals surface area contributed by atoms with Crippen LogP contribution in [-0.2, 0) is 0 Å². The van der Waals surface area contributed by atoms with E-state index in [0.29, 0.717) is 0 Å². The van der Waals surface area contributed by atoms with Crippen molar-refractivity contribution in [1.29, 1.82) is 0 Å². The van der Waals surface area contributed by atoms with Gasteiger partial charge in [-0.3, -0.25) is 4.79 Å². The number of nitrogens with two attached hydrogens (primary N) is 1. The van der Waals surface area contributed by atoms with Crippen LogP contribution in [-0.4, -0.2) is 30.1 Å². The molecule has 1 aromatic carbocycles. The first kappa shape index (κ1) is 15.1. The van der Waals surface area contributed by atoms with Gasteiger partial charge in [0, 0.05) is 17.5 Å². The average Bonchev–Trinajstić information content (AvgIpc) is 2.94. The molecule has 2 rings (SSSR count). The molecule has 0 radical (unpaired) electrons. The van der Waals surface area contributed by atoms with Crippen molar-refractivity contribution in [1.82, 2.24) is 5.32 Å². The minimum atomic E-state index is -0.593. The number of carbonyl (C=O) groups excluding carboxylic acids is 1. The Hall–Kier alpha value is -2.31. The molecule has 1 fully saturated rings. The van der Waals surface area contributed by atoms with Gasteiger partial charge in [-0.2, -0.15) is 0 Å². The van der Waals surface area contributed by atoms with Crippen LogP contribution in [0.2, 0.25) is 0 Å². The van der Waals surface area contributed by atoms with E-state index in [-0.39, 0.29) is 35.0 Å². The van der Waals surface area contributed by atoms with E-state index in [1.807, 2.05) is 0 Å². The fraction of sp³-hybridized carbons (Fsp3) is 0.429. The fourth-order valence-corrected chi connectivity index (χ4v) is 2.62. The monoisotopic (exact) mass is 295 g/mol. The van der Waals surface area contributed by atoms with Gasteiger partial charge in [0.2, 0.25) is 0 Å². The largest absolute Gasteiger partial charge is 0.494 e. The van der Waals surface area contributed by atoms with Gasteiger partial charge in [-0.15, -0.1) is 0 Å². The number of nitrogens with one attached hydrogen (secondary N) is 1. The van der Waals surface area contributed by atoms with Crippen molar-refractivity contribution in [2.45, 2.75) is 25.3 Å². The number of nitrogens with zero attached hydrogens (tertiary/aromatic N) is 1. The van der Waals surface area contributed by atoms with E-state index in [9.17, 15) is 9.18 Å². The summed E-state index contributed by atoms with van der Waals surface area (Å²) in [5, 5.41) is 14.6. The molecule has 6 nitrogen and oxygen atoms in total. The van der Waals surface area contributed by atoms with Crippen LogP contribution in [0.1, 0.15) is 29.6 Å². The molecule has 0 aliphatic heterocycles. The maximum atomic E-state index is 13.6. The van der Waals surface area contributed by atoms with Crippen molar-refractivity contribution in [3.05, 3.63) is 29.6 Å². The lowest BCUT2D eigenvalue weighted by molar-refractivity contribution is 0.0932. The minimum absolute atomic E-state index is 0.0851. The number of hydrogen-bond acceptors (Lipinski definition) is 4. The maximum Gasteiger partial charge on any atom is 0.251 e. The van der Waals surface area contributed by atoms with Gasteiger partial charge >= 0.3 is 0 Å². The fourth-order valence-electron chi connectivity index (χ4n) is 2.62. The van der Waals surface area contributed by atoms with Crippen LogP contribution < -0.4 is 15.8 Å². The average molecular weight is 295 g/mol. The zero-order valence-corrected chi connectivity index (χ0v) is 11.7. The Balaban J connectivity index is 2.09. The molecule has 0 spiro atoms. The summed E-state index contributed by atoms with van der Waals surface area (Å²) in [7, 11) is 1.36. The summed E-state index contributed by atoms with van der Waals surface area (Å²) >= 11 is 0. The number of carbonyl (C=O) groups is 1. The van der Waals surface area contributed by atoms with Crippen LogP contribution in [0.5, 0.6) is 5.75 Å². The molecule has 21 heavy (non-hydrogen) atoms. The lowest BCUT2D eigenvalue weighted by Crippen LogP contribution is -2.42. The van der Waals surface area contributed by atoms with Crippen LogP contribution in [0.3, 0.4) is 0 Å². The van der Waals surface area contributed by atoms with Gasteiger partial charge in [0.1, 0.15) is 5.84 Å². The van der Waals surface area contributed by atoms with Gasteiger partial charge in [0.25, 0.3) is 5.91 Å². The van der Waals surface area contributed by atoms with E-state index in [0.717, 1.165) is 25.3 Å². The Morgan fingerprint density at radius 1 is 1.52 bits per heavy atom. The molecule has 4 N–H and O–H groups in total. The van der Waals surface area contributed by atoms with E-state index < -0.39 is 5.82 Å². The topological polar surface area (TPSA) is 96.9 Å². The Bertz CT molecular complexity index is 562. The SMILES string of the molecule is COc1ccc(C(=O)NC2CCCC2C(N)=NO)cc1F. The number of amides is 1. The first-order valence-electron chi connectivity index (χ1n) is 6.68. The normalized spacial score (nSPS) is 22.1. The van der Waals surface area contributed by atoms with Gasteiger partial charge in [-0.25, -0.2) is 4.39 Å². The molecular formula is C14H18FN3O3. The summed E-state index contributed by atoms with van der Waals surface area (Å²) in [4.78, 5) is 12.1. The highest BCUT2D eigenvalue weighted by Crippen LogP contribution is 2.26. The molecule has 114 valence electrons. The van der Waals surface area contributed by atoms with Crippen molar-refractivity contribution in [3.8, 4) is 5.75 Å². The standard InChI is InChI=1S/C14H18FN3O3/c1-21-12-6-5-8(7-10(12)15)14(19)17-11-4-2-3-9(11)13(16)18-20/h5-7,9,11,20H,2-4H2,1H3,(H2,16,18)(H,17,19). The second-order valence-electron chi connectivity index (χ2n) is 4.99. The number of oxime groups is 1. The number of amidine groups is 1. The van der Waals surface area contributed by atoms with Crippen molar-refractivity contribution < 1.29 is 19.1 Å². The summed E-state index contributed by atoms with van der Waals surface area (Å²) in [6.45, 7) is 0. The van der Waals surface area contributed by atoms with Crippen molar-refractivity contribution in [2.24, 2.45) is 16.8 Å². The second kappa shape index (κ2) is 6.43. The van der Waals surface area contributed by atoms with Crippen LogP contribution in [0.15, 0.2) is 23.4 Å². The Morgan fingerprint density at radius 3 is 2.90 bits per heavy atom. The van der Waals surface area contributed by atoms with Crippen molar-refractivity contribution in [2.75, 3.05) is 7.11 Å². The predicted octanol–water partition coefficient (Wildman–Crippen LogP) is 1.48. The number of rotatable bonds is 4. The predicted molar refractivity (Wildman–Crippen MR) is 75.0 cm³/mol. The lowest BCUT2D eigenvalue weighted by atomic mass is 10.0. The Kier molecular flexibility index (Phi) is 4.62. The number of halogens is 1. The van der Waals surface area contributed by atoms with E-state index in [1.54, 1.807) is 0 Å². The van der Waals surface area contributed by atoms with E-state index >= 15 is 0 Å². The molecule has 0 saturated heterocycles. The summed E-state index contributed by atoms with van der Waals surface area (Å²) in [6, 6.07) is 3.81. The number of benzene rings is 1. The molecule has 1 aliphatic rings. The highest BCUT2D eigenvalue weighted by molar-refractivity contribution is 5.95. The zero-order chi connectivity index (χ0) is 15.4. The van der Waals surface area contributed by atoms with Gasteiger partial charge in [-0.05, 0) is 31.0 Å². The first-order valence-corrected chi connectivity index (χ1v) is 6.68. The summed E-state index contributed by atoms with van der Waals surface area (Å²) in [5.41, 5.74) is 5.82. The summed E-state index contributed by atoms with van der Waals surface area (Å²) < 4.78 is 18.4. The maximum absolute atomic E-state index is 13.6. The Morgan fingerprint density at radius 2 is 2.29 bits per heavy atom. The quantitative estimate of drug-likeness (QED) is 0.339. The molecule has 1 aliphatic carbocycles. The minimum Gasteiger partial charge on any atom is -0.494 e. The third kappa shape index (κ3) is 3.24. The highest BCUT2D eigenvalue weighted by Gasteiger charge is 2.32. The molecule has 0 heterocycles. The van der Waals surface area contributed by atoms with Gasteiger partial charge in [0.05, 0.1) is 7.11 Å². The molecule has 1 aromatic rings. The van der Waals surface area contributed by atoms with Gasteiger partial charge < -0.3 is 21.0 Å². The molecule has 1 saturated carbocycles. The molecule has 0 bridgehead atoms. The molecule has 0 aromatic heterocycles.